The lowest BCUT2D eigenvalue weighted by atomic mass is 10.2. The maximum absolute atomic E-state index is 12.2. The minimum Gasteiger partial charge on any atom is -0.392 e. The number of para-hydroxylation sites is 1. The van der Waals surface area contributed by atoms with Crippen molar-refractivity contribution in [2.75, 3.05) is 4.72 Å². The minimum absolute atomic E-state index is 0.0603. The van der Waals surface area contributed by atoms with Crippen molar-refractivity contribution in [2.45, 2.75) is 12.4 Å². The molecule has 0 saturated carbocycles. The van der Waals surface area contributed by atoms with E-state index in [0.29, 0.717) is 20.2 Å². The highest BCUT2D eigenvalue weighted by molar-refractivity contribution is 9.11. The highest BCUT2D eigenvalue weighted by Crippen LogP contribution is 2.31. The van der Waals surface area contributed by atoms with E-state index in [1.54, 1.807) is 42.5 Å². The molecule has 0 bridgehead atoms. The predicted molar refractivity (Wildman–Crippen MR) is 90.5 cm³/mol. The number of rotatable bonds is 5. The van der Waals surface area contributed by atoms with Gasteiger partial charge >= 0.3 is 0 Å². The summed E-state index contributed by atoms with van der Waals surface area (Å²) < 4.78 is 28.3. The average molecular weight is 435 g/mol. The van der Waals surface area contributed by atoms with Crippen LogP contribution < -0.4 is 4.72 Å². The molecule has 2 aromatic carbocycles. The van der Waals surface area contributed by atoms with Gasteiger partial charge in [-0.2, -0.15) is 0 Å². The lowest BCUT2D eigenvalue weighted by Gasteiger charge is -2.11. The van der Waals surface area contributed by atoms with Gasteiger partial charge in [0.1, 0.15) is 0 Å². The summed E-state index contributed by atoms with van der Waals surface area (Å²) in [6, 6.07) is 12.1. The molecule has 2 N–H and O–H groups in total. The van der Waals surface area contributed by atoms with Gasteiger partial charge in [0.05, 0.1) is 18.0 Å². The smallest absolute Gasteiger partial charge is 0.236 e. The van der Waals surface area contributed by atoms with Crippen molar-refractivity contribution in [3.8, 4) is 0 Å². The Labute approximate surface area is 140 Å². The third-order valence-electron chi connectivity index (χ3n) is 2.78. The summed E-state index contributed by atoms with van der Waals surface area (Å²) in [6.07, 6.45) is 0. The molecule has 0 aromatic heterocycles. The highest BCUT2D eigenvalue weighted by atomic mass is 79.9. The maximum atomic E-state index is 12.2. The lowest BCUT2D eigenvalue weighted by molar-refractivity contribution is 0.282. The fraction of sp³-hybridized carbons (Fsp3) is 0.143. The zero-order valence-electron chi connectivity index (χ0n) is 10.9. The Bertz CT molecular complexity index is 710. The Morgan fingerprint density at radius 1 is 0.952 bits per heavy atom. The maximum Gasteiger partial charge on any atom is 0.236 e. The first-order chi connectivity index (χ1) is 9.91. The van der Waals surface area contributed by atoms with Crippen molar-refractivity contribution in [2.24, 2.45) is 0 Å². The first kappa shape index (κ1) is 16.5. The third kappa shape index (κ3) is 4.54. The monoisotopic (exact) mass is 433 g/mol. The van der Waals surface area contributed by atoms with Gasteiger partial charge in [0.25, 0.3) is 0 Å². The Kier molecular flexibility index (Phi) is 5.43. The summed E-state index contributed by atoms with van der Waals surface area (Å²) in [6.45, 7) is -0.0603. The molecule has 2 aromatic rings. The van der Waals surface area contributed by atoms with Gasteiger partial charge in [-0.3, -0.25) is 4.72 Å². The van der Waals surface area contributed by atoms with Gasteiger partial charge < -0.3 is 5.11 Å². The first-order valence-corrected chi connectivity index (χ1v) is 9.28. The van der Waals surface area contributed by atoms with Crippen molar-refractivity contribution < 1.29 is 13.5 Å². The van der Waals surface area contributed by atoms with E-state index in [9.17, 15) is 8.42 Å². The van der Waals surface area contributed by atoms with Gasteiger partial charge in [-0.05, 0) is 55.1 Å². The molecule has 4 nitrogen and oxygen atoms in total. The molecule has 21 heavy (non-hydrogen) atoms. The molecule has 0 amide bonds. The van der Waals surface area contributed by atoms with Crippen LogP contribution in [0.5, 0.6) is 0 Å². The van der Waals surface area contributed by atoms with Crippen molar-refractivity contribution in [1.82, 2.24) is 0 Å². The number of aliphatic hydroxyl groups excluding tert-OH is 1. The van der Waals surface area contributed by atoms with Crippen molar-refractivity contribution in [1.29, 1.82) is 0 Å². The zero-order chi connectivity index (χ0) is 15.5. The zero-order valence-corrected chi connectivity index (χ0v) is 14.9. The van der Waals surface area contributed by atoms with E-state index in [0.717, 1.165) is 5.56 Å². The van der Waals surface area contributed by atoms with Gasteiger partial charge in [-0.1, -0.05) is 30.3 Å². The highest BCUT2D eigenvalue weighted by Gasteiger charge is 2.15. The van der Waals surface area contributed by atoms with Crippen molar-refractivity contribution in [3.63, 3.8) is 0 Å². The van der Waals surface area contributed by atoms with E-state index in [4.69, 9.17) is 5.11 Å². The number of aliphatic hydroxyl groups is 1. The Morgan fingerprint density at radius 3 is 2.00 bits per heavy atom. The van der Waals surface area contributed by atoms with E-state index < -0.39 is 10.0 Å². The lowest BCUT2D eigenvalue weighted by Crippen LogP contribution is -2.15. The number of anilines is 1. The van der Waals surface area contributed by atoms with Crippen LogP contribution >= 0.6 is 31.9 Å². The van der Waals surface area contributed by atoms with E-state index in [-0.39, 0.29) is 12.4 Å². The number of halogens is 2. The fourth-order valence-electron chi connectivity index (χ4n) is 1.75. The molecule has 2 rings (SSSR count). The van der Waals surface area contributed by atoms with Crippen LogP contribution in [-0.2, 0) is 22.4 Å². The average Bonchev–Trinajstić information content (AvgIpc) is 2.43. The molecule has 7 heteroatoms. The molecular weight excluding hydrogens is 422 g/mol. The SMILES string of the molecule is O=S(=O)(Cc1ccc(CO)cc1)Nc1c(Br)cccc1Br. The van der Waals surface area contributed by atoms with Crippen molar-refractivity contribution >= 4 is 47.6 Å². The molecule has 0 fully saturated rings. The first-order valence-electron chi connectivity index (χ1n) is 6.04. The fourth-order valence-corrected chi connectivity index (χ4v) is 4.44. The number of nitrogens with one attached hydrogen (secondary N) is 1. The van der Waals surface area contributed by atoms with Crippen LogP contribution in [0.2, 0.25) is 0 Å². The number of hydrogen-bond donors (Lipinski definition) is 2. The van der Waals surface area contributed by atoms with Crippen LogP contribution in [0.1, 0.15) is 11.1 Å². The Balaban J connectivity index is 2.18. The van der Waals surface area contributed by atoms with E-state index in [2.05, 4.69) is 36.6 Å². The molecule has 0 atom stereocenters. The molecule has 0 radical (unpaired) electrons. The molecule has 0 aliphatic heterocycles. The van der Waals surface area contributed by atoms with Crippen molar-refractivity contribution in [3.05, 3.63) is 62.5 Å². The van der Waals surface area contributed by atoms with Gasteiger partial charge in [0.15, 0.2) is 0 Å². The number of sulfonamides is 1. The molecule has 0 aliphatic carbocycles. The second-order valence-electron chi connectivity index (χ2n) is 4.43. The molecule has 0 aliphatic rings. The summed E-state index contributed by atoms with van der Waals surface area (Å²) >= 11 is 6.64. The van der Waals surface area contributed by atoms with Crippen LogP contribution in [0.15, 0.2) is 51.4 Å². The van der Waals surface area contributed by atoms with Gasteiger partial charge in [0, 0.05) is 8.95 Å². The molecule has 0 unspecified atom stereocenters. The van der Waals surface area contributed by atoms with E-state index >= 15 is 0 Å². The quantitative estimate of drug-likeness (QED) is 0.754. The van der Waals surface area contributed by atoms with Crippen LogP contribution in [0.4, 0.5) is 5.69 Å². The summed E-state index contributed by atoms with van der Waals surface area (Å²) in [4.78, 5) is 0. The second kappa shape index (κ2) is 6.91. The molecular formula is C14H13Br2NO3S. The second-order valence-corrected chi connectivity index (χ2v) is 7.86. The minimum atomic E-state index is -3.52. The van der Waals surface area contributed by atoms with E-state index in [1.807, 2.05) is 0 Å². The van der Waals surface area contributed by atoms with Gasteiger partial charge in [0.2, 0.25) is 10.0 Å². The molecule has 0 heterocycles. The van der Waals surface area contributed by atoms with Crippen LogP contribution in [-0.4, -0.2) is 13.5 Å². The van der Waals surface area contributed by atoms with Crippen LogP contribution in [0, 0.1) is 0 Å². The largest absolute Gasteiger partial charge is 0.392 e. The number of benzene rings is 2. The van der Waals surface area contributed by atoms with Gasteiger partial charge in [-0.25, -0.2) is 8.42 Å². The summed E-state index contributed by atoms with van der Waals surface area (Å²) in [5.74, 6) is -0.132. The molecule has 0 spiro atoms. The summed E-state index contributed by atoms with van der Waals surface area (Å²) in [5.41, 5.74) is 1.88. The summed E-state index contributed by atoms with van der Waals surface area (Å²) in [5, 5.41) is 8.98. The topological polar surface area (TPSA) is 66.4 Å². The van der Waals surface area contributed by atoms with E-state index in [1.165, 1.54) is 0 Å². The Hall–Kier alpha value is -0.890. The summed E-state index contributed by atoms with van der Waals surface area (Å²) in [7, 11) is -3.52. The standard InChI is InChI=1S/C14H13Br2NO3S/c15-12-2-1-3-13(16)14(12)17-21(19,20)9-11-6-4-10(8-18)5-7-11/h1-7,17-18H,8-9H2. The van der Waals surface area contributed by atoms with Crippen LogP contribution in [0.25, 0.3) is 0 Å². The Morgan fingerprint density at radius 2 is 1.48 bits per heavy atom. The molecule has 0 saturated heterocycles. The van der Waals surface area contributed by atoms with Gasteiger partial charge in [-0.15, -0.1) is 0 Å². The predicted octanol–water partition coefficient (Wildman–Crippen LogP) is 3.65. The van der Waals surface area contributed by atoms with Crippen LogP contribution in [0.3, 0.4) is 0 Å². The third-order valence-corrected chi connectivity index (χ3v) is 5.33. The normalized spacial score (nSPS) is 11.4. The number of hydrogen-bond acceptors (Lipinski definition) is 3. The molecule has 112 valence electrons.